The van der Waals surface area contributed by atoms with Crippen molar-refractivity contribution in [3.05, 3.63) is 48.0 Å². The van der Waals surface area contributed by atoms with Gasteiger partial charge in [-0.1, -0.05) is 18.2 Å². The summed E-state index contributed by atoms with van der Waals surface area (Å²) in [4.78, 5) is 0. The SMILES string of the molecule is COc1ccccc1O[C@@H](CO)[C@H](O)c1ccc2c(c1)OCO2. The third kappa shape index (κ3) is 3.18. The molecule has 0 saturated heterocycles. The molecule has 1 aliphatic heterocycles. The van der Waals surface area contributed by atoms with Gasteiger partial charge in [-0.15, -0.1) is 0 Å². The smallest absolute Gasteiger partial charge is 0.231 e. The van der Waals surface area contributed by atoms with E-state index in [2.05, 4.69) is 0 Å². The van der Waals surface area contributed by atoms with E-state index in [1.54, 1.807) is 36.4 Å². The zero-order chi connectivity index (χ0) is 16.2. The Balaban J connectivity index is 1.80. The Hall–Kier alpha value is -2.44. The maximum Gasteiger partial charge on any atom is 0.231 e. The molecule has 2 atom stereocenters. The molecular formula is C17H18O6. The first kappa shape index (κ1) is 15.5. The molecule has 23 heavy (non-hydrogen) atoms. The molecule has 2 aromatic rings. The minimum Gasteiger partial charge on any atom is -0.493 e. The van der Waals surface area contributed by atoms with Crippen molar-refractivity contribution in [2.75, 3.05) is 20.5 Å². The highest BCUT2D eigenvalue weighted by Gasteiger charge is 2.25. The van der Waals surface area contributed by atoms with Crippen molar-refractivity contribution < 1.29 is 29.2 Å². The first-order valence-corrected chi connectivity index (χ1v) is 7.21. The predicted molar refractivity (Wildman–Crippen MR) is 82.0 cm³/mol. The van der Waals surface area contributed by atoms with Crippen LogP contribution in [0.3, 0.4) is 0 Å². The van der Waals surface area contributed by atoms with Crippen molar-refractivity contribution in [1.82, 2.24) is 0 Å². The van der Waals surface area contributed by atoms with E-state index >= 15 is 0 Å². The largest absolute Gasteiger partial charge is 0.493 e. The molecule has 2 N–H and O–H groups in total. The summed E-state index contributed by atoms with van der Waals surface area (Å²) in [6, 6.07) is 12.2. The van der Waals surface area contributed by atoms with Gasteiger partial charge in [0.05, 0.1) is 13.7 Å². The summed E-state index contributed by atoms with van der Waals surface area (Å²) in [7, 11) is 1.53. The molecule has 0 aliphatic carbocycles. The second-order valence-electron chi connectivity index (χ2n) is 5.05. The molecule has 0 radical (unpaired) electrons. The van der Waals surface area contributed by atoms with E-state index in [-0.39, 0.29) is 13.4 Å². The highest BCUT2D eigenvalue weighted by atomic mass is 16.7. The Kier molecular flexibility index (Phi) is 4.55. The summed E-state index contributed by atoms with van der Waals surface area (Å²) >= 11 is 0. The topological polar surface area (TPSA) is 77.4 Å². The lowest BCUT2D eigenvalue weighted by atomic mass is 10.0. The second kappa shape index (κ2) is 6.76. The molecule has 1 aliphatic rings. The minimum atomic E-state index is -1.03. The van der Waals surface area contributed by atoms with Gasteiger partial charge in [-0.2, -0.15) is 0 Å². The van der Waals surface area contributed by atoms with Gasteiger partial charge in [0.2, 0.25) is 6.79 Å². The molecule has 0 unspecified atom stereocenters. The lowest BCUT2D eigenvalue weighted by molar-refractivity contribution is -0.000480. The third-order valence-electron chi connectivity index (χ3n) is 3.62. The lowest BCUT2D eigenvalue weighted by Gasteiger charge is -2.23. The molecule has 3 rings (SSSR count). The maximum atomic E-state index is 10.5. The molecule has 6 heteroatoms. The molecule has 2 aromatic carbocycles. The number of rotatable bonds is 6. The lowest BCUT2D eigenvalue weighted by Crippen LogP contribution is -2.29. The molecule has 122 valence electrons. The van der Waals surface area contributed by atoms with Crippen molar-refractivity contribution >= 4 is 0 Å². The zero-order valence-electron chi connectivity index (χ0n) is 12.6. The summed E-state index contributed by atoms with van der Waals surface area (Å²) in [6.45, 7) is -0.191. The number of fused-ring (bicyclic) bond motifs is 1. The second-order valence-corrected chi connectivity index (χ2v) is 5.05. The molecule has 0 spiro atoms. The quantitative estimate of drug-likeness (QED) is 0.847. The van der Waals surface area contributed by atoms with Crippen molar-refractivity contribution in [3.63, 3.8) is 0 Å². The van der Waals surface area contributed by atoms with E-state index < -0.39 is 12.2 Å². The fraction of sp³-hybridized carbons (Fsp3) is 0.294. The summed E-state index contributed by atoms with van der Waals surface area (Å²) in [5, 5.41) is 20.1. The Morgan fingerprint density at radius 1 is 1.09 bits per heavy atom. The predicted octanol–water partition coefficient (Wildman–Crippen LogP) is 1.90. The van der Waals surface area contributed by atoms with Crippen LogP contribution in [0.5, 0.6) is 23.0 Å². The van der Waals surface area contributed by atoms with Crippen LogP contribution in [0.1, 0.15) is 11.7 Å². The maximum absolute atomic E-state index is 10.5. The number of benzene rings is 2. The molecule has 1 heterocycles. The van der Waals surface area contributed by atoms with E-state index in [4.69, 9.17) is 18.9 Å². The van der Waals surface area contributed by atoms with Gasteiger partial charge in [0.25, 0.3) is 0 Å². The molecule has 0 bridgehead atoms. The van der Waals surface area contributed by atoms with Gasteiger partial charge >= 0.3 is 0 Å². The first-order chi connectivity index (χ1) is 11.2. The summed E-state index contributed by atoms with van der Waals surface area (Å²) in [5.41, 5.74) is 0.572. The van der Waals surface area contributed by atoms with Gasteiger partial charge in [0, 0.05) is 0 Å². The van der Waals surface area contributed by atoms with Crippen LogP contribution in [0.15, 0.2) is 42.5 Å². The monoisotopic (exact) mass is 318 g/mol. The van der Waals surface area contributed by atoms with Gasteiger partial charge in [-0.25, -0.2) is 0 Å². The van der Waals surface area contributed by atoms with E-state index in [1.807, 2.05) is 6.07 Å². The van der Waals surface area contributed by atoms with Crippen LogP contribution in [0.4, 0.5) is 0 Å². The molecule has 0 saturated carbocycles. The van der Waals surface area contributed by atoms with Crippen molar-refractivity contribution in [3.8, 4) is 23.0 Å². The number of aliphatic hydroxyl groups is 2. The molecule has 0 aromatic heterocycles. The first-order valence-electron chi connectivity index (χ1n) is 7.21. The summed E-state index contributed by atoms with van der Waals surface area (Å²) in [6.07, 6.45) is -1.87. The Morgan fingerprint density at radius 3 is 2.57 bits per heavy atom. The van der Waals surface area contributed by atoms with Crippen molar-refractivity contribution in [2.45, 2.75) is 12.2 Å². The standard InChI is InChI=1S/C17H18O6/c1-20-12-4-2-3-5-14(12)23-16(9-18)17(19)11-6-7-13-15(8-11)22-10-21-13/h2-8,16-19H,9-10H2,1H3/t16-,17+/m0/s1. The molecule has 6 nitrogen and oxygen atoms in total. The highest BCUT2D eigenvalue weighted by molar-refractivity contribution is 5.45. The minimum absolute atomic E-state index is 0.163. The van der Waals surface area contributed by atoms with E-state index in [0.717, 1.165) is 0 Å². The normalized spacial score (nSPS) is 15.1. The van der Waals surface area contributed by atoms with Gasteiger partial charge in [-0.05, 0) is 29.8 Å². The fourth-order valence-corrected chi connectivity index (χ4v) is 2.39. The molecule has 0 fully saturated rings. The third-order valence-corrected chi connectivity index (χ3v) is 3.62. The van der Waals surface area contributed by atoms with Crippen LogP contribution in [0.2, 0.25) is 0 Å². The number of para-hydroxylation sites is 2. The van der Waals surface area contributed by atoms with Crippen molar-refractivity contribution in [2.24, 2.45) is 0 Å². The molecule has 0 amide bonds. The zero-order valence-corrected chi connectivity index (χ0v) is 12.6. The molecular weight excluding hydrogens is 300 g/mol. The van der Waals surface area contributed by atoms with Crippen molar-refractivity contribution in [1.29, 1.82) is 0 Å². The Morgan fingerprint density at radius 2 is 1.83 bits per heavy atom. The van der Waals surface area contributed by atoms with Crippen LogP contribution in [-0.2, 0) is 0 Å². The van der Waals surface area contributed by atoms with E-state index in [1.165, 1.54) is 7.11 Å². The van der Waals surface area contributed by atoms with E-state index in [9.17, 15) is 10.2 Å². The Labute approximate surface area is 133 Å². The van der Waals surface area contributed by atoms with Crippen LogP contribution in [0, 0.1) is 0 Å². The number of hydrogen-bond acceptors (Lipinski definition) is 6. The van der Waals surface area contributed by atoms with Crippen LogP contribution in [0.25, 0.3) is 0 Å². The van der Waals surface area contributed by atoms with Gasteiger partial charge in [0.1, 0.15) is 6.10 Å². The fourth-order valence-electron chi connectivity index (χ4n) is 2.39. The number of aliphatic hydroxyl groups excluding tert-OH is 2. The van der Waals surface area contributed by atoms with Crippen LogP contribution < -0.4 is 18.9 Å². The van der Waals surface area contributed by atoms with Gasteiger partial charge < -0.3 is 29.2 Å². The van der Waals surface area contributed by atoms with Crippen LogP contribution >= 0.6 is 0 Å². The van der Waals surface area contributed by atoms with Crippen LogP contribution in [-0.4, -0.2) is 36.8 Å². The summed E-state index contributed by atoms with van der Waals surface area (Å²) < 4.78 is 21.5. The number of hydrogen-bond donors (Lipinski definition) is 2. The van der Waals surface area contributed by atoms with E-state index in [0.29, 0.717) is 28.6 Å². The van der Waals surface area contributed by atoms with Gasteiger partial charge in [-0.3, -0.25) is 0 Å². The summed E-state index contributed by atoms with van der Waals surface area (Å²) in [5.74, 6) is 2.18. The number of ether oxygens (including phenoxy) is 4. The van der Waals surface area contributed by atoms with Gasteiger partial charge in [0.15, 0.2) is 29.1 Å². The average Bonchev–Trinajstić information content (AvgIpc) is 3.07. The number of methoxy groups -OCH3 is 1. The highest BCUT2D eigenvalue weighted by Crippen LogP contribution is 2.36. The average molecular weight is 318 g/mol. The Bertz CT molecular complexity index is 672.